The van der Waals surface area contributed by atoms with Gasteiger partial charge in [-0.3, -0.25) is 14.5 Å². The molecule has 2 amide bonds. The lowest BCUT2D eigenvalue weighted by Crippen LogP contribution is -2.50. The zero-order valence-corrected chi connectivity index (χ0v) is 20.0. The Morgan fingerprint density at radius 2 is 1.73 bits per heavy atom. The second kappa shape index (κ2) is 11.8. The molecule has 7 heteroatoms. The maximum Gasteiger partial charge on any atom is 0.251 e. The lowest BCUT2D eigenvalue weighted by Gasteiger charge is -2.28. The van der Waals surface area contributed by atoms with E-state index in [-0.39, 0.29) is 17.7 Å². The Hall–Kier alpha value is -2.88. The number of nitrogens with zero attached hydrogens (tertiary/aromatic N) is 3. The largest absolute Gasteiger partial charge is 0.340 e. The van der Waals surface area contributed by atoms with Crippen molar-refractivity contribution in [1.82, 2.24) is 15.1 Å². The summed E-state index contributed by atoms with van der Waals surface area (Å²) in [5, 5.41) is 12.5. The fourth-order valence-corrected chi connectivity index (χ4v) is 4.17. The summed E-state index contributed by atoms with van der Waals surface area (Å²) in [5.41, 5.74) is 2.30. The number of rotatable bonds is 7. The van der Waals surface area contributed by atoms with Crippen LogP contribution in [-0.4, -0.2) is 53.8 Å². The van der Waals surface area contributed by atoms with Crippen LogP contribution in [0.4, 0.5) is 0 Å². The second-order valence-corrected chi connectivity index (χ2v) is 9.36. The Kier molecular flexibility index (Phi) is 8.87. The smallest absolute Gasteiger partial charge is 0.251 e. The first kappa shape index (κ1) is 24.8. The van der Waals surface area contributed by atoms with Crippen LogP contribution in [0.3, 0.4) is 0 Å². The van der Waals surface area contributed by atoms with Gasteiger partial charge in [0.25, 0.3) is 5.91 Å². The van der Waals surface area contributed by atoms with Gasteiger partial charge in [-0.1, -0.05) is 37.6 Å². The molecule has 3 rings (SSSR count). The van der Waals surface area contributed by atoms with Crippen LogP contribution in [0.2, 0.25) is 5.02 Å². The second-order valence-electron chi connectivity index (χ2n) is 8.93. The van der Waals surface area contributed by atoms with E-state index >= 15 is 0 Å². The van der Waals surface area contributed by atoms with Crippen molar-refractivity contribution >= 4 is 23.4 Å². The van der Waals surface area contributed by atoms with Gasteiger partial charge in [-0.05, 0) is 60.7 Å². The van der Waals surface area contributed by atoms with Gasteiger partial charge in [-0.15, -0.1) is 0 Å². The molecule has 0 aliphatic carbocycles. The molecule has 1 N–H and O–H groups in total. The third-order valence-corrected chi connectivity index (χ3v) is 6.06. The van der Waals surface area contributed by atoms with Gasteiger partial charge in [0, 0.05) is 43.3 Å². The van der Waals surface area contributed by atoms with Crippen molar-refractivity contribution in [2.45, 2.75) is 39.3 Å². The van der Waals surface area contributed by atoms with E-state index in [1.807, 2.05) is 29.2 Å². The predicted octanol–water partition coefficient (Wildman–Crippen LogP) is 4.09. The molecule has 1 unspecified atom stereocenters. The zero-order valence-electron chi connectivity index (χ0n) is 19.3. The summed E-state index contributed by atoms with van der Waals surface area (Å²) in [6.07, 6.45) is 1.46. The number of hydrogen-bond acceptors (Lipinski definition) is 4. The molecule has 1 aliphatic heterocycles. The Morgan fingerprint density at radius 1 is 1.03 bits per heavy atom. The van der Waals surface area contributed by atoms with Gasteiger partial charge in [-0.25, -0.2) is 0 Å². The topological polar surface area (TPSA) is 76.4 Å². The molecule has 1 heterocycles. The SMILES string of the molecule is CC(C)CC(NC(=O)c1ccc(Cl)cc1)C(=O)N1CCCN(Cc2ccc(C#N)cc2)CC1. The van der Waals surface area contributed by atoms with E-state index in [4.69, 9.17) is 16.9 Å². The van der Waals surface area contributed by atoms with Gasteiger partial charge in [-0.2, -0.15) is 5.26 Å². The van der Waals surface area contributed by atoms with Gasteiger partial charge >= 0.3 is 0 Å². The van der Waals surface area contributed by atoms with Crippen molar-refractivity contribution in [3.63, 3.8) is 0 Å². The molecule has 1 aliphatic rings. The van der Waals surface area contributed by atoms with Crippen molar-refractivity contribution in [2.75, 3.05) is 26.2 Å². The molecule has 2 aromatic carbocycles. The summed E-state index contributed by atoms with van der Waals surface area (Å²) in [6, 6.07) is 15.9. The summed E-state index contributed by atoms with van der Waals surface area (Å²) >= 11 is 5.93. The van der Waals surface area contributed by atoms with Gasteiger partial charge in [0.15, 0.2) is 0 Å². The molecule has 1 saturated heterocycles. The molecule has 0 radical (unpaired) electrons. The third-order valence-electron chi connectivity index (χ3n) is 5.81. The fourth-order valence-electron chi connectivity index (χ4n) is 4.05. The van der Waals surface area contributed by atoms with E-state index in [1.165, 1.54) is 0 Å². The van der Waals surface area contributed by atoms with Gasteiger partial charge < -0.3 is 10.2 Å². The van der Waals surface area contributed by atoms with Crippen molar-refractivity contribution in [2.24, 2.45) is 5.92 Å². The first-order chi connectivity index (χ1) is 15.9. The molecule has 6 nitrogen and oxygen atoms in total. The number of carbonyl (C=O) groups excluding carboxylic acids is 2. The normalized spacial score (nSPS) is 15.5. The molecular formula is C26H31ClN4O2. The van der Waals surface area contributed by atoms with Crippen LogP contribution >= 0.6 is 11.6 Å². The molecule has 2 aromatic rings. The van der Waals surface area contributed by atoms with Crippen molar-refractivity contribution in [3.05, 3.63) is 70.2 Å². The van der Waals surface area contributed by atoms with Gasteiger partial charge in [0.2, 0.25) is 5.91 Å². The first-order valence-corrected chi connectivity index (χ1v) is 11.8. The third kappa shape index (κ3) is 7.31. The fraction of sp³-hybridized carbons (Fsp3) is 0.423. The maximum absolute atomic E-state index is 13.4. The van der Waals surface area contributed by atoms with E-state index in [0.717, 1.165) is 31.6 Å². The first-order valence-electron chi connectivity index (χ1n) is 11.4. The molecule has 0 aromatic heterocycles. The number of carbonyl (C=O) groups is 2. The number of halogens is 1. The summed E-state index contributed by atoms with van der Waals surface area (Å²) in [5.74, 6) is -0.0153. The quantitative estimate of drug-likeness (QED) is 0.666. The Morgan fingerprint density at radius 3 is 2.36 bits per heavy atom. The van der Waals surface area contributed by atoms with Gasteiger partial charge in [0.1, 0.15) is 6.04 Å². The molecule has 0 saturated carbocycles. The molecule has 0 bridgehead atoms. The Balaban J connectivity index is 1.61. The van der Waals surface area contributed by atoms with E-state index < -0.39 is 6.04 Å². The van der Waals surface area contributed by atoms with Crippen LogP contribution < -0.4 is 5.32 Å². The number of nitrogens with one attached hydrogen (secondary N) is 1. The van der Waals surface area contributed by atoms with Crippen LogP contribution in [0.5, 0.6) is 0 Å². The highest BCUT2D eigenvalue weighted by Gasteiger charge is 2.28. The highest BCUT2D eigenvalue weighted by atomic mass is 35.5. The number of nitriles is 1. The minimum absolute atomic E-state index is 0.0220. The summed E-state index contributed by atoms with van der Waals surface area (Å²) < 4.78 is 0. The molecule has 0 spiro atoms. The Labute approximate surface area is 201 Å². The number of benzene rings is 2. The maximum atomic E-state index is 13.4. The van der Waals surface area contributed by atoms with Crippen LogP contribution in [0.1, 0.15) is 48.2 Å². The summed E-state index contributed by atoms with van der Waals surface area (Å²) in [4.78, 5) is 30.3. The van der Waals surface area contributed by atoms with Crippen molar-refractivity contribution in [3.8, 4) is 6.07 Å². The lowest BCUT2D eigenvalue weighted by atomic mass is 10.0. The van der Waals surface area contributed by atoms with Crippen molar-refractivity contribution < 1.29 is 9.59 Å². The van der Waals surface area contributed by atoms with Crippen LogP contribution in [-0.2, 0) is 11.3 Å². The number of amides is 2. The van der Waals surface area contributed by atoms with E-state index in [2.05, 4.69) is 30.1 Å². The Bertz CT molecular complexity index is 983. The molecular weight excluding hydrogens is 436 g/mol. The van der Waals surface area contributed by atoms with Crippen LogP contribution in [0, 0.1) is 17.2 Å². The van der Waals surface area contributed by atoms with E-state index in [1.54, 1.807) is 24.3 Å². The summed E-state index contributed by atoms with van der Waals surface area (Å²) in [6.45, 7) is 7.86. The standard InChI is InChI=1S/C26H31ClN4O2/c1-19(2)16-24(29-25(32)22-8-10-23(27)11-9-22)26(33)31-13-3-12-30(14-15-31)18-21-6-4-20(17-28)5-7-21/h4-11,19,24H,3,12-16,18H2,1-2H3,(H,29,32). The average molecular weight is 467 g/mol. The average Bonchev–Trinajstić information content (AvgIpc) is 3.04. The summed E-state index contributed by atoms with van der Waals surface area (Å²) in [7, 11) is 0. The predicted molar refractivity (Wildman–Crippen MR) is 130 cm³/mol. The highest BCUT2D eigenvalue weighted by Crippen LogP contribution is 2.15. The molecule has 1 atom stereocenters. The molecule has 1 fully saturated rings. The van der Waals surface area contributed by atoms with Crippen molar-refractivity contribution in [1.29, 1.82) is 5.26 Å². The molecule has 174 valence electrons. The van der Waals surface area contributed by atoms with Crippen LogP contribution in [0.15, 0.2) is 48.5 Å². The lowest BCUT2D eigenvalue weighted by molar-refractivity contribution is -0.133. The van der Waals surface area contributed by atoms with Gasteiger partial charge in [0.05, 0.1) is 11.6 Å². The monoisotopic (exact) mass is 466 g/mol. The van der Waals surface area contributed by atoms with E-state index in [9.17, 15) is 9.59 Å². The minimum Gasteiger partial charge on any atom is -0.340 e. The highest BCUT2D eigenvalue weighted by molar-refractivity contribution is 6.30. The minimum atomic E-state index is -0.557. The zero-order chi connectivity index (χ0) is 23.8. The van der Waals surface area contributed by atoms with E-state index in [0.29, 0.717) is 35.7 Å². The van der Waals surface area contributed by atoms with Crippen LogP contribution in [0.25, 0.3) is 0 Å². The molecule has 33 heavy (non-hydrogen) atoms. The number of hydrogen-bond donors (Lipinski definition) is 1.